The van der Waals surface area contributed by atoms with Crippen LogP contribution in [0.4, 0.5) is 0 Å². The van der Waals surface area contributed by atoms with Crippen molar-refractivity contribution >= 4 is 11.9 Å². The molecule has 5 rings (SSSR count). The van der Waals surface area contributed by atoms with E-state index in [0.717, 1.165) is 46.3 Å². The highest BCUT2D eigenvalue weighted by molar-refractivity contribution is 5.82. The molecule has 9 heteroatoms. The standard InChI is InChI=1S/C35H42N2O7/c1-22-32(20-37-15-14-31(40)19-37)43-35(44-33(22)27-12-10-25(21-38)11-13-27)30-9-5-8-29(17-30)28-7-4-6-26(16-28)18-36-34(41)23(2)42-24(3)39/h4-13,16-17,22-23,31-33,35,38,40H,14-15,18-21H2,1-3H3,(H,36,41)/t22-,23-,31-,32+,33+,35+/m0/s1. The summed E-state index contributed by atoms with van der Waals surface area (Å²) in [6.45, 7) is 7.43. The molecule has 0 aliphatic carbocycles. The minimum absolute atomic E-state index is 0.0131. The Morgan fingerprint density at radius 1 is 1.00 bits per heavy atom. The summed E-state index contributed by atoms with van der Waals surface area (Å²) >= 11 is 0. The van der Waals surface area contributed by atoms with E-state index in [0.29, 0.717) is 19.6 Å². The Kier molecular flexibility index (Phi) is 10.5. The van der Waals surface area contributed by atoms with Crippen molar-refractivity contribution in [1.29, 1.82) is 0 Å². The molecule has 2 aliphatic rings. The first kappa shape index (κ1) is 31.8. The van der Waals surface area contributed by atoms with E-state index in [1.54, 1.807) is 6.92 Å². The maximum Gasteiger partial charge on any atom is 0.303 e. The van der Waals surface area contributed by atoms with E-state index in [1.807, 2.05) is 66.7 Å². The molecule has 0 aromatic heterocycles. The zero-order valence-electron chi connectivity index (χ0n) is 25.5. The average molecular weight is 603 g/mol. The Morgan fingerprint density at radius 3 is 2.41 bits per heavy atom. The van der Waals surface area contributed by atoms with Gasteiger partial charge in [0.2, 0.25) is 0 Å². The van der Waals surface area contributed by atoms with E-state index in [4.69, 9.17) is 14.2 Å². The van der Waals surface area contributed by atoms with Gasteiger partial charge in [-0.3, -0.25) is 14.5 Å². The fourth-order valence-electron chi connectivity index (χ4n) is 5.92. The molecule has 0 bridgehead atoms. The van der Waals surface area contributed by atoms with Crippen LogP contribution in [-0.2, 0) is 37.0 Å². The first-order chi connectivity index (χ1) is 21.2. The first-order valence-electron chi connectivity index (χ1n) is 15.3. The third-order valence-electron chi connectivity index (χ3n) is 8.41. The van der Waals surface area contributed by atoms with Gasteiger partial charge in [0, 0.05) is 44.6 Å². The lowest BCUT2D eigenvalue weighted by molar-refractivity contribution is -0.276. The Bertz CT molecular complexity index is 1430. The Hall–Kier alpha value is -3.60. The minimum Gasteiger partial charge on any atom is -0.453 e. The number of benzene rings is 3. The molecule has 3 aromatic rings. The van der Waals surface area contributed by atoms with Gasteiger partial charge in [-0.2, -0.15) is 0 Å². The second kappa shape index (κ2) is 14.5. The first-order valence-corrected chi connectivity index (χ1v) is 15.3. The van der Waals surface area contributed by atoms with Gasteiger partial charge in [-0.25, -0.2) is 0 Å². The predicted octanol–water partition coefficient (Wildman–Crippen LogP) is 4.27. The topological polar surface area (TPSA) is 118 Å². The minimum atomic E-state index is -0.860. The summed E-state index contributed by atoms with van der Waals surface area (Å²) in [5, 5.41) is 22.5. The number of esters is 1. The lowest BCUT2D eigenvalue weighted by atomic mass is 9.90. The van der Waals surface area contributed by atoms with Gasteiger partial charge in [0.15, 0.2) is 12.4 Å². The number of aliphatic hydroxyl groups is 2. The molecule has 0 saturated carbocycles. The second-order valence-corrected chi connectivity index (χ2v) is 11.8. The number of carbonyl (C=O) groups is 2. The largest absolute Gasteiger partial charge is 0.453 e. The molecule has 0 spiro atoms. The molecule has 2 aliphatic heterocycles. The van der Waals surface area contributed by atoms with Crippen LogP contribution in [0.25, 0.3) is 11.1 Å². The molecular weight excluding hydrogens is 560 g/mol. The summed E-state index contributed by atoms with van der Waals surface area (Å²) in [6.07, 6.45) is -1.34. The quantitative estimate of drug-likeness (QED) is 0.295. The molecule has 0 radical (unpaired) electrons. The Balaban J connectivity index is 1.35. The summed E-state index contributed by atoms with van der Waals surface area (Å²) in [5.41, 5.74) is 5.65. The number of rotatable bonds is 10. The van der Waals surface area contributed by atoms with E-state index in [2.05, 4.69) is 23.2 Å². The second-order valence-electron chi connectivity index (χ2n) is 11.8. The highest BCUT2D eigenvalue weighted by Gasteiger charge is 2.40. The van der Waals surface area contributed by atoms with E-state index >= 15 is 0 Å². The van der Waals surface area contributed by atoms with Crippen LogP contribution >= 0.6 is 0 Å². The number of nitrogens with one attached hydrogen (secondary N) is 1. The summed E-state index contributed by atoms with van der Waals surface area (Å²) < 4.78 is 18.3. The van der Waals surface area contributed by atoms with Crippen molar-refractivity contribution in [2.24, 2.45) is 5.92 Å². The molecule has 6 atom stereocenters. The normalized spacial score (nSPS) is 24.5. The zero-order chi connectivity index (χ0) is 31.2. The number of hydrogen-bond donors (Lipinski definition) is 3. The third kappa shape index (κ3) is 7.91. The highest BCUT2D eigenvalue weighted by atomic mass is 16.7. The van der Waals surface area contributed by atoms with Crippen LogP contribution in [0.2, 0.25) is 0 Å². The van der Waals surface area contributed by atoms with Crippen molar-refractivity contribution in [2.75, 3.05) is 19.6 Å². The Morgan fingerprint density at radius 2 is 1.73 bits per heavy atom. The third-order valence-corrected chi connectivity index (χ3v) is 8.41. The molecule has 3 aromatic carbocycles. The summed E-state index contributed by atoms with van der Waals surface area (Å²) in [4.78, 5) is 25.8. The van der Waals surface area contributed by atoms with Crippen molar-refractivity contribution in [1.82, 2.24) is 10.2 Å². The number of aliphatic hydroxyl groups excluding tert-OH is 2. The number of ether oxygens (including phenoxy) is 3. The van der Waals surface area contributed by atoms with Gasteiger partial charge in [-0.15, -0.1) is 0 Å². The van der Waals surface area contributed by atoms with E-state index in [-0.39, 0.29) is 36.7 Å². The molecule has 2 saturated heterocycles. The predicted molar refractivity (Wildman–Crippen MR) is 165 cm³/mol. The van der Waals surface area contributed by atoms with Gasteiger partial charge in [0.25, 0.3) is 5.91 Å². The van der Waals surface area contributed by atoms with Crippen LogP contribution in [-0.4, -0.2) is 64.9 Å². The van der Waals surface area contributed by atoms with Crippen molar-refractivity contribution < 1.29 is 34.0 Å². The summed E-state index contributed by atoms with van der Waals surface area (Å²) in [6, 6.07) is 23.9. The number of nitrogens with zero attached hydrogens (tertiary/aromatic N) is 1. The summed E-state index contributed by atoms with van der Waals surface area (Å²) in [7, 11) is 0. The van der Waals surface area contributed by atoms with E-state index in [1.165, 1.54) is 6.92 Å². The molecule has 0 unspecified atom stereocenters. The average Bonchev–Trinajstić information content (AvgIpc) is 3.45. The number of amides is 1. The molecule has 1 amide bonds. The molecule has 3 N–H and O–H groups in total. The number of likely N-dealkylation sites (tertiary alicyclic amines) is 1. The molecule has 234 valence electrons. The van der Waals surface area contributed by atoms with Gasteiger partial charge in [0.1, 0.15) is 0 Å². The van der Waals surface area contributed by atoms with Gasteiger partial charge in [0.05, 0.1) is 24.9 Å². The van der Waals surface area contributed by atoms with Gasteiger partial charge in [-0.05, 0) is 53.3 Å². The van der Waals surface area contributed by atoms with Crippen LogP contribution in [0.15, 0.2) is 72.8 Å². The van der Waals surface area contributed by atoms with E-state index in [9.17, 15) is 19.8 Å². The van der Waals surface area contributed by atoms with Crippen molar-refractivity contribution in [3.63, 3.8) is 0 Å². The lowest BCUT2D eigenvalue weighted by Crippen LogP contribution is -2.44. The van der Waals surface area contributed by atoms with Crippen LogP contribution < -0.4 is 5.32 Å². The maximum absolute atomic E-state index is 12.3. The number of β-amino-alcohol motifs (C(OH)–C–C–N with tert-alkyl or cyclic N) is 1. The van der Waals surface area contributed by atoms with Crippen LogP contribution in [0.5, 0.6) is 0 Å². The zero-order valence-corrected chi connectivity index (χ0v) is 25.5. The smallest absolute Gasteiger partial charge is 0.303 e. The van der Waals surface area contributed by atoms with Crippen LogP contribution in [0, 0.1) is 5.92 Å². The number of hydrogen-bond acceptors (Lipinski definition) is 8. The fourth-order valence-corrected chi connectivity index (χ4v) is 5.92. The van der Waals surface area contributed by atoms with Gasteiger partial charge >= 0.3 is 5.97 Å². The monoisotopic (exact) mass is 602 g/mol. The van der Waals surface area contributed by atoms with E-state index < -0.39 is 18.4 Å². The van der Waals surface area contributed by atoms with Gasteiger partial charge in [-0.1, -0.05) is 67.6 Å². The van der Waals surface area contributed by atoms with Gasteiger partial charge < -0.3 is 29.7 Å². The fraction of sp³-hybridized carbons (Fsp3) is 0.429. The van der Waals surface area contributed by atoms with Crippen LogP contribution in [0.1, 0.15) is 61.8 Å². The molecule has 44 heavy (non-hydrogen) atoms. The molecule has 2 heterocycles. The SMILES string of the molecule is CC(=O)O[C@@H](C)C(=O)NCc1cccc(-c2cccc([C@@H]3O[C@H](CN4CC[C@H](O)C4)[C@H](C)[C@H](c4ccc(CO)cc4)O3)c2)c1. The molecular formula is C35H42N2O7. The molecule has 2 fully saturated rings. The van der Waals surface area contributed by atoms with Crippen molar-refractivity contribution in [3.8, 4) is 11.1 Å². The van der Waals surface area contributed by atoms with Crippen LogP contribution in [0.3, 0.4) is 0 Å². The lowest BCUT2D eigenvalue weighted by Gasteiger charge is -2.42. The maximum atomic E-state index is 12.3. The molecule has 9 nitrogen and oxygen atoms in total. The number of carbonyl (C=O) groups excluding carboxylic acids is 2. The van der Waals surface area contributed by atoms with Crippen molar-refractivity contribution in [3.05, 3.63) is 95.1 Å². The Labute approximate surface area is 258 Å². The highest BCUT2D eigenvalue weighted by Crippen LogP contribution is 2.42. The summed E-state index contributed by atoms with van der Waals surface area (Å²) in [5.74, 6) is -0.795. The van der Waals surface area contributed by atoms with Crippen molar-refractivity contribution in [2.45, 2.75) is 71.0 Å².